The number of halogens is 1. The number of ether oxygens (including phenoxy) is 1. The Morgan fingerprint density at radius 2 is 2.24 bits per heavy atom. The molecular formula is C13H13FO2S. The second-order valence-electron chi connectivity index (χ2n) is 3.81. The Morgan fingerprint density at radius 3 is 3.00 bits per heavy atom. The van der Waals surface area contributed by atoms with E-state index in [2.05, 4.69) is 0 Å². The maximum Gasteiger partial charge on any atom is 0.172 e. The highest BCUT2D eigenvalue weighted by Gasteiger charge is 2.10. The number of fused-ring (bicyclic) bond motifs is 1. The first kappa shape index (κ1) is 12.2. The van der Waals surface area contributed by atoms with Gasteiger partial charge in [-0.05, 0) is 36.1 Å². The molecule has 0 spiro atoms. The van der Waals surface area contributed by atoms with Crippen LogP contribution < -0.4 is 0 Å². The van der Waals surface area contributed by atoms with Crippen LogP contribution in [0.5, 0.6) is 0 Å². The number of carbonyl (C=O) groups excluding carboxylic acids is 1. The lowest BCUT2D eigenvalue weighted by Crippen LogP contribution is -1.98. The maximum atomic E-state index is 13.0. The maximum absolute atomic E-state index is 13.0. The third kappa shape index (κ3) is 2.90. The number of Topliss-reactive ketones (excluding diaryl/α,β-unsaturated/α-hetero) is 1. The van der Waals surface area contributed by atoms with E-state index in [4.69, 9.17) is 4.74 Å². The first-order chi connectivity index (χ1) is 8.20. The van der Waals surface area contributed by atoms with Gasteiger partial charge < -0.3 is 4.74 Å². The van der Waals surface area contributed by atoms with Crippen LogP contribution in [-0.2, 0) is 4.74 Å². The molecule has 1 aromatic heterocycles. The van der Waals surface area contributed by atoms with Crippen molar-refractivity contribution in [2.45, 2.75) is 12.8 Å². The zero-order valence-electron chi connectivity index (χ0n) is 9.53. The van der Waals surface area contributed by atoms with Crippen LogP contribution in [0, 0.1) is 5.82 Å². The summed E-state index contributed by atoms with van der Waals surface area (Å²) >= 11 is 1.42. The summed E-state index contributed by atoms with van der Waals surface area (Å²) in [5.41, 5.74) is 0. The minimum atomic E-state index is -0.270. The summed E-state index contributed by atoms with van der Waals surface area (Å²) in [6, 6.07) is 6.34. The van der Waals surface area contributed by atoms with Crippen molar-refractivity contribution in [3.8, 4) is 0 Å². The molecule has 90 valence electrons. The summed E-state index contributed by atoms with van der Waals surface area (Å²) in [6.45, 7) is 0.589. The van der Waals surface area contributed by atoms with Gasteiger partial charge in [-0.1, -0.05) is 0 Å². The summed E-state index contributed by atoms with van der Waals surface area (Å²) in [4.78, 5) is 12.5. The van der Waals surface area contributed by atoms with Gasteiger partial charge in [-0.15, -0.1) is 11.3 Å². The van der Waals surface area contributed by atoms with E-state index < -0.39 is 0 Å². The van der Waals surface area contributed by atoms with Crippen molar-refractivity contribution in [3.05, 3.63) is 35.0 Å². The molecule has 17 heavy (non-hydrogen) atoms. The van der Waals surface area contributed by atoms with Crippen molar-refractivity contribution in [2.75, 3.05) is 13.7 Å². The van der Waals surface area contributed by atoms with E-state index in [-0.39, 0.29) is 11.6 Å². The second kappa shape index (κ2) is 5.38. The number of hydrogen-bond donors (Lipinski definition) is 0. The third-order valence-corrected chi connectivity index (χ3v) is 3.66. The van der Waals surface area contributed by atoms with Crippen LogP contribution in [-0.4, -0.2) is 19.5 Å². The molecule has 4 heteroatoms. The fourth-order valence-corrected chi connectivity index (χ4v) is 2.66. The second-order valence-corrected chi connectivity index (χ2v) is 4.90. The van der Waals surface area contributed by atoms with Crippen molar-refractivity contribution in [2.24, 2.45) is 0 Å². The van der Waals surface area contributed by atoms with Crippen molar-refractivity contribution in [1.29, 1.82) is 0 Å². The molecule has 0 aliphatic rings. The van der Waals surface area contributed by atoms with Crippen LogP contribution >= 0.6 is 11.3 Å². The highest BCUT2D eigenvalue weighted by atomic mass is 32.1. The molecule has 2 aromatic rings. The van der Waals surface area contributed by atoms with E-state index in [0.717, 1.165) is 16.5 Å². The molecule has 0 bridgehead atoms. The fraction of sp³-hybridized carbons (Fsp3) is 0.308. The van der Waals surface area contributed by atoms with E-state index in [1.54, 1.807) is 19.2 Å². The molecule has 0 saturated heterocycles. The van der Waals surface area contributed by atoms with Gasteiger partial charge in [-0.3, -0.25) is 4.79 Å². The zero-order chi connectivity index (χ0) is 12.3. The number of rotatable bonds is 5. The van der Waals surface area contributed by atoms with Crippen LogP contribution in [0.3, 0.4) is 0 Å². The lowest BCUT2D eigenvalue weighted by atomic mass is 10.2. The summed E-state index contributed by atoms with van der Waals surface area (Å²) in [6.07, 6.45) is 1.20. The van der Waals surface area contributed by atoms with Gasteiger partial charge in [-0.2, -0.15) is 0 Å². The first-order valence-corrected chi connectivity index (χ1v) is 6.23. The van der Waals surface area contributed by atoms with Crippen LogP contribution in [0.1, 0.15) is 22.5 Å². The predicted octanol–water partition coefficient (Wildman–Crippen LogP) is 3.65. The lowest BCUT2D eigenvalue weighted by Gasteiger charge is -1.96. The van der Waals surface area contributed by atoms with Crippen LogP contribution in [0.4, 0.5) is 4.39 Å². The largest absolute Gasteiger partial charge is 0.385 e. The molecular weight excluding hydrogens is 239 g/mol. The van der Waals surface area contributed by atoms with Gasteiger partial charge in [0.1, 0.15) is 5.82 Å². The molecule has 0 saturated carbocycles. The Hall–Kier alpha value is -1.26. The monoisotopic (exact) mass is 252 g/mol. The Kier molecular flexibility index (Phi) is 3.86. The van der Waals surface area contributed by atoms with Gasteiger partial charge >= 0.3 is 0 Å². The molecule has 0 aliphatic heterocycles. The van der Waals surface area contributed by atoms with Gasteiger partial charge in [0.15, 0.2) is 5.78 Å². The highest BCUT2D eigenvalue weighted by Crippen LogP contribution is 2.27. The standard InChI is InChI=1S/C13H13FO2S/c1-16-6-2-3-11(15)13-8-9-7-10(14)4-5-12(9)17-13/h4-5,7-8H,2-3,6H2,1H3. The van der Waals surface area contributed by atoms with Crippen LogP contribution in [0.15, 0.2) is 24.3 Å². The predicted molar refractivity (Wildman–Crippen MR) is 67.2 cm³/mol. The molecule has 0 aliphatic carbocycles. The van der Waals surface area contributed by atoms with Gasteiger partial charge in [-0.25, -0.2) is 4.39 Å². The molecule has 0 unspecified atom stereocenters. The van der Waals surface area contributed by atoms with E-state index in [1.807, 2.05) is 0 Å². The summed E-state index contributed by atoms with van der Waals surface area (Å²) in [5, 5.41) is 0.796. The minimum absolute atomic E-state index is 0.101. The lowest BCUT2D eigenvalue weighted by molar-refractivity contribution is 0.0967. The average molecular weight is 252 g/mol. The first-order valence-electron chi connectivity index (χ1n) is 5.42. The van der Waals surface area contributed by atoms with Crippen molar-refractivity contribution in [3.63, 3.8) is 0 Å². The Morgan fingerprint density at radius 1 is 1.41 bits per heavy atom. The zero-order valence-corrected chi connectivity index (χ0v) is 10.3. The van der Waals surface area contributed by atoms with Gasteiger partial charge in [0.2, 0.25) is 0 Å². The molecule has 0 radical (unpaired) electrons. The number of ketones is 1. The van der Waals surface area contributed by atoms with Crippen LogP contribution in [0.25, 0.3) is 10.1 Å². The molecule has 2 nitrogen and oxygen atoms in total. The molecule has 2 rings (SSSR count). The molecule has 0 atom stereocenters. The summed E-state index contributed by atoms with van der Waals surface area (Å²) in [7, 11) is 1.62. The van der Waals surface area contributed by atoms with Gasteiger partial charge in [0.25, 0.3) is 0 Å². The molecule has 0 fully saturated rings. The third-order valence-electron chi connectivity index (χ3n) is 2.51. The smallest absolute Gasteiger partial charge is 0.172 e. The Balaban J connectivity index is 2.15. The number of benzene rings is 1. The summed E-state index contributed by atoms with van der Waals surface area (Å²) in [5.74, 6) is -0.169. The van der Waals surface area contributed by atoms with Crippen molar-refractivity contribution < 1.29 is 13.9 Å². The highest BCUT2D eigenvalue weighted by molar-refractivity contribution is 7.20. The van der Waals surface area contributed by atoms with E-state index in [1.165, 1.54) is 23.5 Å². The van der Waals surface area contributed by atoms with Crippen molar-refractivity contribution in [1.82, 2.24) is 0 Å². The number of carbonyl (C=O) groups is 1. The van der Waals surface area contributed by atoms with Gasteiger partial charge in [0.05, 0.1) is 4.88 Å². The Bertz CT molecular complexity index is 533. The summed E-state index contributed by atoms with van der Waals surface area (Å²) < 4.78 is 18.8. The minimum Gasteiger partial charge on any atom is -0.385 e. The quantitative estimate of drug-likeness (QED) is 0.599. The van der Waals surface area contributed by atoms with Crippen LogP contribution in [0.2, 0.25) is 0 Å². The SMILES string of the molecule is COCCCC(=O)c1cc2cc(F)ccc2s1. The van der Waals surface area contributed by atoms with Crippen molar-refractivity contribution >= 4 is 27.2 Å². The Labute approximate surface area is 103 Å². The number of thiophene rings is 1. The molecule has 1 heterocycles. The molecule has 0 N–H and O–H groups in total. The van der Waals surface area contributed by atoms with Gasteiger partial charge in [0, 0.05) is 24.8 Å². The molecule has 1 aromatic carbocycles. The average Bonchev–Trinajstić information content (AvgIpc) is 2.72. The number of methoxy groups -OCH3 is 1. The fourth-order valence-electron chi connectivity index (χ4n) is 1.65. The topological polar surface area (TPSA) is 26.3 Å². The molecule has 0 amide bonds. The normalized spacial score (nSPS) is 10.9. The van der Waals surface area contributed by atoms with E-state index >= 15 is 0 Å². The number of hydrogen-bond acceptors (Lipinski definition) is 3. The van der Waals surface area contributed by atoms with E-state index in [0.29, 0.717) is 17.9 Å². The van der Waals surface area contributed by atoms with E-state index in [9.17, 15) is 9.18 Å².